The van der Waals surface area contributed by atoms with Crippen molar-refractivity contribution in [3.8, 4) is 0 Å². The van der Waals surface area contributed by atoms with Gasteiger partial charge in [-0.15, -0.1) is 11.3 Å². The maximum Gasteiger partial charge on any atom is 0.250 e. The maximum absolute atomic E-state index is 11.8. The Morgan fingerprint density at radius 2 is 2.11 bits per heavy atom. The topological polar surface area (TPSA) is 64.6 Å². The summed E-state index contributed by atoms with van der Waals surface area (Å²) in [4.78, 5) is 0. The Bertz CT molecular complexity index is 482. The summed E-state index contributed by atoms with van der Waals surface area (Å²) in [7, 11) is -3.47. The molecule has 0 atom stereocenters. The van der Waals surface area contributed by atoms with Crippen molar-refractivity contribution in [2.75, 3.05) is 19.8 Å². The van der Waals surface area contributed by atoms with E-state index in [1.807, 2.05) is 0 Å². The second-order valence-corrected chi connectivity index (χ2v) is 7.48. The van der Waals surface area contributed by atoms with E-state index in [-0.39, 0.29) is 17.0 Å². The molecule has 1 fully saturated rings. The molecule has 0 aliphatic carbocycles. The molecule has 1 aliphatic heterocycles. The molecule has 0 unspecified atom stereocenters. The molecule has 1 aromatic rings. The van der Waals surface area contributed by atoms with Crippen molar-refractivity contribution in [3.63, 3.8) is 0 Å². The van der Waals surface area contributed by atoms with Gasteiger partial charge in [-0.05, 0) is 18.6 Å². The lowest BCUT2D eigenvalue weighted by molar-refractivity contribution is -0.180. The van der Waals surface area contributed by atoms with Gasteiger partial charge in [0, 0.05) is 13.0 Å². The summed E-state index contributed by atoms with van der Waals surface area (Å²) >= 11 is 6.74. The van der Waals surface area contributed by atoms with Crippen LogP contribution < -0.4 is 4.72 Å². The van der Waals surface area contributed by atoms with Crippen LogP contribution in [0.3, 0.4) is 0 Å². The fourth-order valence-electron chi connectivity index (χ4n) is 1.53. The zero-order valence-corrected chi connectivity index (χ0v) is 12.0. The van der Waals surface area contributed by atoms with Crippen LogP contribution in [0.15, 0.2) is 16.3 Å². The van der Waals surface area contributed by atoms with E-state index in [0.29, 0.717) is 24.0 Å². The van der Waals surface area contributed by atoms with E-state index in [1.165, 1.54) is 6.07 Å². The van der Waals surface area contributed by atoms with Crippen LogP contribution in [0.1, 0.15) is 12.8 Å². The molecular weight excluding hydrogens is 298 g/mol. The van der Waals surface area contributed by atoms with E-state index in [2.05, 4.69) is 4.72 Å². The molecule has 1 aromatic heterocycles. The zero-order valence-electron chi connectivity index (χ0n) is 9.60. The number of ether oxygens (including phenoxy) is 2. The SMILES string of the molecule is O=S(=O)(NCCC1OCCCO1)c1ccc(Cl)s1. The van der Waals surface area contributed by atoms with E-state index in [4.69, 9.17) is 21.1 Å². The van der Waals surface area contributed by atoms with E-state index in [9.17, 15) is 8.42 Å². The Kier molecular flexibility index (Phi) is 4.99. The highest BCUT2D eigenvalue weighted by atomic mass is 35.5. The average Bonchev–Trinajstić information content (AvgIpc) is 2.78. The predicted molar refractivity (Wildman–Crippen MR) is 69.4 cm³/mol. The van der Waals surface area contributed by atoms with Gasteiger partial charge in [-0.25, -0.2) is 13.1 Å². The van der Waals surface area contributed by atoms with Crippen molar-refractivity contribution in [1.29, 1.82) is 0 Å². The monoisotopic (exact) mass is 311 g/mol. The van der Waals surface area contributed by atoms with E-state index in [1.54, 1.807) is 6.07 Å². The molecule has 1 aliphatic rings. The van der Waals surface area contributed by atoms with Gasteiger partial charge in [-0.1, -0.05) is 11.6 Å². The molecule has 1 N–H and O–H groups in total. The van der Waals surface area contributed by atoms with Crippen LogP contribution in [0.4, 0.5) is 0 Å². The van der Waals surface area contributed by atoms with Gasteiger partial charge in [0.15, 0.2) is 6.29 Å². The summed E-state index contributed by atoms with van der Waals surface area (Å²) in [5.74, 6) is 0. The van der Waals surface area contributed by atoms with Crippen LogP contribution in [0.2, 0.25) is 4.34 Å². The standard InChI is InChI=1S/C10H14ClNO4S2/c11-8-2-3-10(17-8)18(13,14)12-5-4-9-15-6-1-7-16-9/h2-3,9,12H,1,4-7H2. The lowest BCUT2D eigenvalue weighted by atomic mass is 10.4. The van der Waals surface area contributed by atoms with Gasteiger partial charge < -0.3 is 9.47 Å². The molecule has 8 heteroatoms. The summed E-state index contributed by atoms with van der Waals surface area (Å²) < 4.78 is 37.5. The third kappa shape index (κ3) is 3.91. The lowest BCUT2D eigenvalue weighted by Crippen LogP contribution is -2.31. The van der Waals surface area contributed by atoms with Crippen molar-refractivity contribution >= 4 is 33.0 Å². The molecule has 0 spiro atoms. The van der Waals surface area contributed by atoms with Crippen LogP contribution >= 0.6 is 22.9 Å². The van der Waals surface area contributed by atoms with E-state index in [0.717, 1.165) is 17.8 Å². The Hall–Kier alpha value is -0.180. The number of hydrogen-bond acceptors (Lipinski definition) is 5. The normalized spacial score (nSPS) is 18.1. The summed E-state index contributed by atoms with van der Waals surface area (Å²) in [6.07, 6.45) is 1.07. The minimum atomic E-state index is -3.47. The average molecular weight is 312 g/mol. The first kappa shape index (κ1) is 14.2. The Balaban J connectivity index is 1.82. The molecule has 0 aromatic carbocycles. The number of halogens is 1. The summed E-state index contributed by atoms with van der Waals surface area (Å²) in [6, 6.07) is 3.05. The number of sulfonamides is 1. The molecule has 102 valence electrons. The number of nitrogens with one attached hydrogen (secondary N) is 1. The molecule has 0 amide bonds. The number of rotatable bonds is 5. The molecule has 0 radical (unpaired) electrons. The van der Waals surface area contributed by atoms with Gasteiger partial charge in [0.1, 0.15) is 4.21 Å². The first-order valence-electron chi connectivity index (χ1n) is 5.56. The molecule has 0 bridgehead atoms. The fourth-order valence-corrected chi connectivity index (χ4v) is 4.10. The third-order valence-corrected chi connectivity index (χ3v) is 5.57. The summed E-state index contributed by atoms with van der Waals surface area (Å²) in [5, 5.41) is 0. The van der Waals surface area contributed by atoms with Gasteiger partial charge in [0.05, 0.1) is 17.6 Å². The smallest absolute Gasteiger partial charge is 0.250 e. The second kappa shape index (κ2) is 6.31. The lowest BCUT2D eigenvalue weighted by Gasteiger charge is -2.23. The van der Waals surface area contributed by atoms with Gasteiger partial charge in [0.2, 0.25) is 10.0 Å². The third-order valence-electron chi connectivity index (χ3n) is 2.38. The van der Waals surface area contributed by atoms with Crippen molar-refractivity contribution in [2.24, 2.45) is 0 Å². The van der Waals surface area contributed by atoms with Gasteiger partial charge in [-0.2, -0.15) is 0 Å². The van der Waals surface area contributed by atoms with Crippen LogP contribution in [-0.2, 0) is 19.5 Å². The Labute approximate surface area is 115 Å². The van der Waals surface area contributed by atoms with Crippen molar-refractivity contribution in [3.05, 3.63) is 16.5 Å². The largest absolute Gasteiger partial charge is 0.353 e. The van der Waals surface area contributed by atoms with Crippen LogP contribution in [0, 0.1) is 0 Å². The first-order valence-corrected chi connectivity index (χ1v) is 8.24. The molecule has 0 saturated carbocycles. The quantitative estimate of drug-likeness (QED) is 0.901. The van der Waals surface area contributed by atoms with Gasteiger partial charge in [0.25, 0.3) is 0 Å². The minimum absolute atomic E-state index is 0.220. The van der Waals surface area contributed by atoms with Crippen LogP contribution in [0.5, 0.6) is 0 Å². The molecule has 5 nitrogen and oxygen atoms in total. The highest BCUT2D eigenvalue weighted by Crippen LogP contribution is 2.25. The molecule has 2 heterocycles. The Morgan fingerprint density at radius 1 is 1.39 bits per heavy atom. The molecule has 2 rings (SSSR count). The molecular formula is C10H14ClNO4S2. The Morgan fingerprint density at radius 3 is 2.72 bits per heavy atom. The highest BCUT2D eigenvalue weighted by Gasteiger charge is 2.18. The summed E-state index contributed by atoms with van der Waals surface area (Å²) in [6.45, 7) is 1.61. The second-order valence-electron chi connectivity index (χ2n) is 3.77. The van der Waals surface area contributed by atoms with Crippen molar-refractivity contribution in [1.82, 2.24) is 4.72 Å². The van der Waals surface area contributed by atoms with E-state index >= 15 is 0 Å². The first-order chi connectivity index (χ1) is 8.58. The zero-order chi connectivity index (χ0) is 13.0. The molecule has 18 heavy (non-hydrogen) atoms. The summed E-state index contributed by atoms with van der Waals surface area (Å²) in [5.41, 5.74) is 0. The predicted octanol–water partition coefficient (Wildman–Crippen LogP) is 1.83. The van der Waals surface area contributed by atoms with Gasteiger partial charge >= 0.3 is 0 Å². The van der Waals surface area contributed by atoms with Crippen molar-refractivity contribution in [2.45, 2.75) is 23.3 Å². The fraction of sp³-hybridized carbons (Fsp3) is 0.600. The highest BCUT2D eigenvalue weighted by molar-refractivity contribution is 7.91. The van der Waals surface area contributed by atoms with E-state index < -0.39 is 10.0 Å². The maximum atomic E-state index is 11.8. The van der Waals surface area contributed by atoms with Crippen molar-refractivity contribution < 1.29 is 17.9 Å². The number of thiophene rings is 1. The van der Waals surface area contributed by atoms with Crippen LogP contribution in [0.25, 0.3) is 0 Å². The van der Waals surface area contributed by atoms with Gasteiger partial charge in [-0.3, -0.25) is 0 Å². The number of hydrogen-bond donors (Lipinski definition) is 1. The van der Waals surface area contributed by atoms with Crippen LogP contribution in [-0.4, -0.2) is 34.5 Å². The minimum Gasteiger partial charge on any atom is -0.353 e. The molecule has 1 saturated heterocycles.